The van der Waals surface area contributed by atoms with Gasteiger partial charge in [-0.15, -0.1) is 0 Å². The lowest BCUT2D eigenvalue weighted by Crippen LogP contribution is -1.98. The first-order valence-corrected chi connectivity index (χ1v) is 5.09. The summed E-state index contributed by atoms with van der Waals surface area (Å²) in [6.45, 7) is 0. The van der Waals surface area contributed by atoms with Gasteiger partial charge in [0, 0.05) is 7.05 Å². The molecule has 0 bridgehead atoms. The first-order chi connectivity index (χ1) is 6.29. The van der Waals surface area contributed by atoms with Crippen molar-refractivity contribution in [3.05, 3.63) is 16.7 Å². The highest BCUT2D eigenvalue weighted by atomic mass is 79.9. The lowest BCUT2D eigenvalue weighted by Gasteiger charge is -2.06. The van der Waals surface area contributed by atoms with Crippen LogP contribution in [0, 0.1) is 0 Å². The van der Waals surface area contributed by atoms with Gasteiger partial charge in [-0.2, -0.15) is 0 Å². The van der Waals surface area contributed by atoms with E-state index < -0.39 is 0 Å². The van der Waals surface area contributed by atoms with Gasteiger partial charge in [-0.05, 0) is 34.8 Å². The maximum absolute atomic E-state index is 5.59. The predicted octanol–water partition coefficient (Wildman–Crippen LogP) is 2.43. The Morgan fingerprint density at radius 1 is 1.62 bits per heavy atom. The molecule has 1 heterocycles. The number of nitrogens with zero attached hydrogens (tertiary/aromatic N) is 1. The Labute approximate surface area is 85.6 Å². The second-order valence-corrected chi connectivity index (χ2v) is 3.92. The third kappa shape index (κ3) is 2.12. The molecular formula is C9H11BrN2O. The van der Waals surface area contributed by atoms with Crippen LogP contribution < -0.4 is 10.1 Å². The zero-order valence-corrected chi connectivity index (χ0v) is 8.97. The fourth-order valence-corrected chi connectivity index (χ4v) is 1.57. The fraction of sp³-hybridized carbons (Fsp3) is 0.444. The van der Waals surface area contributed by atoms with Crippen LogP contribution in [0.25, 0.3) is 0 Å². The van der Waals surface area contributed by atoms with Gasteiger partial charge < -0.3 is 10.1 Å². The van der Waals surface area contributed by atoms with Gasteiger partial charge in [-0.3, -0.25) is 0 Å². The van der Waals surface area contributed by atoms with Crippen molar-refractivity contribution in [1.82, 2.24) is 4.98 Å². The van der Waals surface area contributed by atoms with Gasteiger partial charge in [0.25, 0.3) is 0 Å². The minimum Gasteiger partial charge on any atom is -0.489 e. The van der Waals surface area contributed by atoms with Crippen molar-refractivity contribution in [1.29, 1.82) is 0 Å². The molecule has 0 saturated heterocycles. The summed E-state index contributed by atoms with van der Waals surface area (Å²) >= 11 is 3.41. The summed E-state index contributed by atoms with van der Waals surface area (Å²) in [5.41, 5.74) is 0. The summed E-state index contributed by atoms with van der Waals surface area (Å²) in [6, 6.07) is 1.94. The maximum Gasteiger partial charge on any atom is 0.140 e. The molecule has 1 aliphatic carbocycles. The molecule has 1 aliphatic rings. The summed E-state index contributed by atoms with van der Waals surface area (Å²) in [4.78, 5) is 4.19. The van der Waals surface area contributed by atoms with Crippen molar-refractivity contribution >= 4 is 21.7 Å². The quantitative estimate of drug-likeness (QED) is 0.885. The molecule has 0 atom stereocenters. The highest BCUT2D eigenvalue weighted by Gasteiger charge is 2.23. The van der Waals surface area contributed by atoms with Gasteiger partial charge in [-0.1, -0.05) is 0 Å². The monoisotopic (exact) mass is 242 g/mol. The Kier molecular flexibility index (Phi) is 2.40. The number of anilines is 1. The summed E-state index contributed by atoms with van der Waals surface area (Å²) < 4.78 is 6.52. The molecular weight excluding hydrogens is 232 g/mol. The van der Waals surface area contributed by atoms with Gasteiger partial charge in [-0.25, -0.2) is 4.98 Å². The average Bonchev–Trinajstić information content (AvgIpc) is 2.89. The topological polar surface area (TPSA) is 34.2 Å². The van der Waals surface area contributed by atoms with Crippen LogP contribution >= 0.6 is 15.9 Å². The third-order valence-electron chi connectivity index (χ3n) is 1.88. The number of rotatable bonds is 3. The van der Waals surface area contributed by atoms with Crippen molar-refractivity contribution in [2.24, 2.45) is 0 Å². The zero-order chi connectivity index (χ0) is 9.26. The Bertz CT molecular complexity index is 312. The summed E-state index contributed by atoms with van der Waals surface area (Å²) in [6.07, 6.45) is 4.51. The molecule has 70 valence electrons. The van der Waals surface area contributed by atoms with Gasteiger partial charge in [0.15, 0.2) is 0 Å². The highest BCUT2D eigenvalue weighted by molar-refractivity contribution is 9.10. The molecule has 1 aromatic heterocycles. The van der Waals surface area contributed by atoms with Crippen LogP contribution in [0.3, 0.4) is 0 Å². The third-order valence-corrected chi connectivity index (χ3v) is 2.48. The van der Waals surface area contributed by atoms with Crippen molar-refractivity contribution < 1.29 is 4.74 Å². The number of nitrogens with one attached hydrogen (secondary N) is 1. The molecule has 0 radical (unpaired) electrons. The largest absolute Gasteiger partial charge is 0.489 e. The highest BCUT2D eigenvalue weighted by Crippen LogP contribution is 2.29. The second-order valence-electron chi connectivity index (χ2n) is 3.07. The van der Waals surface area contributed by atoms with Gasteiger partial charge in [0.05, 0.1) is 16.8 Å². The number of pyridine rings is 1. The van der Waals surface area contributed by atoms with E-state index >= 15 is 0 Å². The van der Waals surface area contributed by atoms with Crippen molar-refractivity contribution in [2.75, 3.05) is 12.4 Å². The lowest BCUT2D eigenvalue weighted by atomic mass is 10.4. The van der Waals surface area contributed by atoms with E-state index in [-0.39, 0.29) is 0 Å². The number of hydrogen-bond donors (Lipinski definition) is 1. The molecule has 0 spiro atoms. The second kappa shape index (κ2) is 3.54. The average molecular weight is 243 g/mol. The van der Waals surface area contributed by atoms with Crippen molar-refractivity contribution in [2.45, 2.75) is 18.9 Å². The first kappa shape index (κ1) is 8.81. The number of ether oxygens (including phenoxy) is 1. The van der Waals surface area contributed by atoms with E-state index in [1.165, 1.54) is 12.8 Å². The van der Waals surface area contributed by atoms with Crippen LogP contribution in [0.2, 0.25) is 0 Å². The molecule has 0 aliphatic heterocycles. The van der Waals surface area contributed by atoms with E-state index in [1.807, 2.05) is 13.1 Å². The molecule has 3 nitrogen and oxygen atoms in total. The Morgan fingerprint density at radius 3 is 2.92 bits per heavy atom. The minimum absolute atomic E-state index is 0.425. The Balaban J connectivity index is 2.13. The van der Waals surface area contributed by atoms with Crippen molar-refractivity contribution in [3.8, 4) is 5.75 Å². The number of halogens is 1. The molecule has 1 fully saturated rings. The molecule has 0 amide bonds. The molecule has 4 heteroatoms. The van der Waals surface area contributed by atoms with Gasteiger partial charge >= 0.3 is 0 Å². The number of hydrogen-bond acceptors (Lipinski definition) is 3. The van der Waals surface area contributed by atoms with Crippen molar-refractivity contribution in [3.63, 3.8) is 0 Å². The normalized spacial score (nSPS) is 15.5. The standard InChI is InChI=1S/C9H11BrN2O/c1-11-9-8(10)4-7(5-12-9)13-6-2-3-6/h4-6H,2-3H2,1H3,(H,11,12). The smallest absolute Gasteiger partial charge is 0.140 e. The molecule has 13 heavy (non-hydrogen) atoms. The van der Waals surface area contributed by atoms with Crippen LogP contribution in [0.1, 0.15) is 12.8 Å². The van der Waals surface area contributed by atoms with Crippen LogP contribution in [-0.4, -0.2) is 18.1 Å². The van der Waals surface area contributed by atoms with E-state index in [9.17, 15) is 0 Å². The van der Waals surface area contributed by atoms with E-state index in [4.69, 9.17) is 4.74 Å². The first-order valence-electron chi connectivity index (χ1n) is 4.29. The van der Waals surface area contributed by atoms with E-state index in [1.54, 1.807) is 6.20 Å². The van der Waals surface area contributed by atoms with E-state index in [0.717, 1.165) is 16.0 Å². The summed E-state index contributed by atoms with van der Waals surface area (Å²) in [5.74, 6) is 1.68. The van der Waals surface area contributed by atoms with Crippen LogP contribution in [0.15, 0.2) is 16.7 Å². The predicted molar refractivity (Wildman–Crippen MR) is 55.1 cm³/mol. The fourth-order valence-electron chi connectivity index (χ4n) is 1.05. The minimum atomic E-state index is 0.425. The summed E-state index contributed by atoms with van der Waals surface area (Å²) in [7, 11) is 1.84. The molecule has 1 aromatic rings. The van der Waals surface area contributed by atoms with E-state index in [0.29, 0.717) is 6.10 Å². The van der Waals surface area contributed by atoms with Crippen LogP contribution in [0.4, 0.5) is 5.82 Å². The van der Waals surface area contributed by atoms with Crippen LogP contribution in [-0.2, 0) is 0 Å². The SMILES string of the molecule is CNc1ncc(OC2CC2)cc1Br. The zero-order valence-electron chi connectivity index (χ0n) is 7.38. The van der Waals surface area contributed by atoms with Crippen LogP contribution in [0.5, 0.6) is 5.75 Å². The molecule has 0 unspecified atom stereocenters. The Morgan fingerprint density at radius 2 is 2.38 bits per heavy atom. The molecule has 2 rings (SSSR count). The van der Waals surface area contributed by atoms with Gasteiger partial charge in [0.1, 0.15) is 11.6 Å². The Hall–Kier alpha value is -0.770. The number of aromatic nitrogens is 1. The van der Waals surface area contributed by atoms with E-state index in [2.05, 4.69) is 26.2 Å². The van der Waals surface area contributed by atoms with Gasteiger partial charge in [0.2, 0.25) is 0 Å². The maximum atomic E-state index is 5.59. The molecule has 1 N–H and O–H groups in total. The summed E-state index contributed by atoms with van der Waals surface area (Å²) in [5, 5.41) is 2.98. The molecule has 0 aromatic carbocycles. The lowest BCUT2D eigenvalue weighted by molar-refractivity contribution is 0.302. The molecule has 1 saturated carbocycles.